The minimum Gasteiger partial charge on any atom is -0.266 e. The van der Waals surface area contributed by atoms with Crippen LogP contribution in [0.15, 0.2) is 46.2 Å². The minimum absolute atomic E-state index is 0.0358. The van der Waals surface area contributed by atoms with Crippen molar-refractivity contribution in [2.75, 3.05) is 17.9 Å². The topological polar surface area (TPSA) is 83.6 Å². The SMILES string of the molecule is CNS(=O)(=O)c1ccc2c(c1)CCN2S(=O)(=O)c1ccc(F)cc1C. The van der Waals surface area contributed by atoms with E-state index in [1.165, 1.54) is 48.6 Å². The van der Waals surface area contributed by atoms with Gasteiger partial charge < -0.3 is 0 Å². The van der Waals surface area contributed by atoms with Gasteiger partial charge in [0.15, 0.2) is 0 Å². The van der Waals surface area contributed by atoms with E-state index in [4.69, 9.17) is 0 Å². The zero-order valence-corrected chi connectivity index (χ0v) is 15.3. The second kappa shape index (κ2) is 6.08. The molecule has 134 valence electrons. The molecule has 3 rings (SSSR count). The molecule has 9 heteroatoms. The van der Waals surface area contributed by atoms with Crippen LogP contribution in [0.4, 0.5) is 10.1 Å². The number of aryl methyl sites for hydroxylation is 1. The molecule has 0 saturated heterocycles. The van der Waals surface area contributed by atoms with E-state index in [-0.39, 0.29) is 16.3 Å². The molecule has 1 N–H and O–H groups in total. The largest absolute Gasteiger partial charge is 0.266 e. The molecular weight excluding hydrogens is 367 g/mol. The van der Waals surface area contributed by atoms with Gasteiger partial charge in [0.2, 0.25) is 10.0 Å². The van der Waals surface area contributed by atoms with Gasteiger partial charge in [-0.1, -0.05) is 0 Å². The van der Waals surface area contributed by atoms with Crippen molar-refractivity contribution in [3.8, 4) is 0 Å². The molecule has 0 atom stereocenters. The van der Waals surface area contributed by atoms with Gasteiger partial charge in [0.25, 0.3) is 10.0 Å². The molecule has 2 aromatic rings. The average Bonchev–Trinajstić information content (AvgIpc) is 2.98. The van der Waals surface area contributed by atoms with Crippen molar-refractivity contribution < 1.29 is 21.2 Å². The summed E-state index contributed by atoms with van der Waals surface area (Å²) in [5.41, 5.74) is 1.40. The van der Waals surface area contributed by atoms with E-state index in [1.807, 2.05) is 0 Å². The summed E-state index contributed by atoms with van der Waals surface area (Å²) in [4.78, 5) is 0.125. The number of hydrogen-bond donors (Lipinski definition) is 1. The molecule has 0 fully saturated rings. The molecule has 0 saturated carbocycles. The number of nitrogens with one attached hydrogen (secondary N) is 1. The number of benzene rings is 2. The van der Waals surface area contributed by atoms with E-state index < -0.39 is 25.9 Å². The standard InChI is InChI=1S/C16H17FN2O4S2/c1-11-9-13(17)3-6-16(11)25(22,23)19-8-7-12-10-14(4-5-15(12)19)24(20,21)18-2/h3-6,9-10,18H,7-8H2,1-2H3. The first-order valence-electron chi connectivity index (χ1n) is 7.52. The second-order valence-electron chi connectivity index (χ2n) is 5.74. The van der Waals surface area contributed by atoms with Crippen LogP contribution in [0.5, 0.6) is 0 Å². The highest BCUT2D eigenvalue weighted by Crippen LogP contribution is 2.35. The molecule has 0 aromatic heterocycles. The fourth-order valence-corrected chi connectivity index (χ4v) is 5.40. The molecule has 0 bridgehead atoms. The fourth-order valence-electron chi connectivity index (χ4n) is 2.90. The maximum atomic E-state index is 13.3. The maximum Gasteiger partial charge on any atom is 0.264 e. The molecule has 1 aliphatic rings. The van der Waals surface area contributed by atoms with Crippen LogP contribution < -0.4 is 9.03 Å². The van der Waals surface area contributed by atoms with E-state index in [0.29, 0.717) is 23.2 Å². The first-order chi connectivity index (χ1) is 11.7. The number of halogens is 1. The van der Waals surface area contributed by atoms with Gasteiger partial charge in [-0.05, 0) is 67.9 Å². The summed E-state index contributed by atoms with van der Waals surface area (Å²) in [6.45, 7) is 1.74. The highest BCUT2D eigenvalue weighted by atomic mass is 32.2. The molecule has 0 radical (unpaired) electrons. The van der Waals surface area contributed by atoms with E-state index >= 15 is 0 Å². The highest BCUT2D eigenvalue weighted by Gasteiger charge is 2.32. The zero-order chi connectivity index (χ0) is 18.4. The lowest BCUT2D eigenvalue weighted by molar-refractivity contribution is 0.587. The Morgan fingerprint density at radius 1 is 1.08 bits per heavy atom. The van der Waals surface area contributed by atoms with Gasteiger partial charge in [0, 0.05) is 6.54 Å². The van der Waals surface area contributed by atoms with E-state index in [1.54, 1.807) is 0 Å². The second-order valence-corrected chi connectivity index (χ2v) is 9.45. The summed E-state index contributed by atoms with van der Waals surface area (Å²) in [7, 11) is -6.13. The summed E-state index contributed by atoms with van der Waals surface area (Å²) in [5, 5.41) is 0. The number of anilines is 1. The van der Waals surface area contributed by atoms with Gasteiger partial charge in [-0.2, -0.15) is 0 Å². The van der Waals surface area contributed by atoms with Crippen molar-refractivity contribution in [1.82, 2.24) is 4.72 Å². The van der Waals surface area contributed by atoms with Crippen molar-refractivity contribution in [2.24, 2.45) is 0 Å². The van der Waals surface area contributed by atoms with Gasteiger partial charge in [-0.3, -0.25) is 4.31 Å². The third kappa shape index (κ3) is 3.03. The Kier molecular flexibility index (Phi) is 4.34. The molecule has 0 amide bonds. The lowest BCUT2D eigenvalue weighted by atomic mass is 10.2. The smallest absolute Gasteiger partial charge is 0.264 e. The summed E-state index contributed by atoms with van der Waals surface area (Å²) < 4.78 is 66.4. The monoisotopic (exact) mass is 384 g/mol. The van der Waals surface area contributed by atoms with Gasteiger partial charge in [-0.15, -0.1) is 0 Å². The molecule has 0 spiro atoms. The molecule has 2 aromatic carbocycles. The lowest BCUT2D eigenvalue weighted by Crippen LogP contribution is -2.29. The maximum absolute atomic E-state index is 13.3. The summed E-state index contributed by atoms with van der Waals surface area (Å²) in [6, 6.07) is 7.87. The Hall–Kier alpha value is -1.97. The Labute approximate surface area is 146 Å². The first kappa shape index (κ1) is 17.8. The predicted octanol–water partition coefficient (Wildman–Crippen LogP) is 1.79. The van der Waals surface area contributed by atoms with Gasteiger partial charge in [0.05, 0.1) is 15.5 Å². The fraction of sp³-hybridized carbons (Fsp3) is 0.250. The Bertz CT molecular complexity index is 1050. The first-order valence-corrected chi connectivity index (χ1v) is 10.4. The molecule has 0 unspecified atom stereocenters. The summed E-state index contributed by atoms with van der Waals surface area (Å²) >= 11 is 0. The number of hydrogen-bond acceptors (Lipinski definition) is 4. The zero-order valence-electron chi connectivity index (χ0n) is 13.7. The Morgan fingerprint density at radius 3 is 2.44 bits per heavy atom. The quantitative estimate of drug-likeness (QED) is 0.871. The summed E-state index contributed by atoms with van der Waals surface area (Å²) in [5.74, 6) is -0.500. The van der Waals surface area contributed by atoms with Gasteiger partial charge >= 0.3 is 0 Å². The average molecular weight is 384 g/mol. The van der Waals surface area contributed by atoms with Gasteiger partial charge in [-0.25, -0.2) is 25.9 Å². The number of nitrogens with zero attached hydrogens (tertiary/aromatic N) is 1. The molecular formula is C16H17FN2O4S2. The van der Waals surface area contributed by atoms with E-state index in [2.05, 4.69) is 4.72 Å². The van der Waals surface area contributed by atoms with E-state index in [9.17, 15) is 21.2 Å². The number of rotatable bonds is 4. The number of fused-ring (bicyclic) bond motifs is 1. The Morgan fingerprint density at radius 2 is 1.80 bits per heavy atom. The van der Waals surface area contributed by atoms with Gasteiger partial charge in [0.1, 0.15) is 5.82 Å². The van der Waals surface area contributed by atoms with Crippen LogP contribution in [0.3, 0.4) is 0 Å². The van der Waals surface area contributed by atoms with Crippen molar-refractivity contribution in [3.05, 3.63) is 53.3 Å². The third-order valence-electron chi connectivity index (χ3n) is 4.19. The van der Waals surface area contributed by atoms with Crippen molar-refractivity contribution in [3.63, 3.8) is 0 Å². The normalized spacial score (nSPS) is 14.6. The van der Waals surface area contributed by atoms with Crippen LogP contribution in [-0.4, -0.2) is 30.4 Å². The molecule has 1 heterocycles. The summed E-state index contributed by atoms with van der Waals surface area (Å²) in [6.07, 6.45) is 0.405. The van der Waals surface area contributed by atoms with Crippen LogP contribution in [-0.2, 0) is 26.5 Å². The van der Waals surface area contributed by atoms with Crippen molar-refractivity contribution in [1.29, 1.82) is 0 Å². The molecule has 25 heavy (non-hydrogen) atoms. The minimum atomic E-state index is -3.85. The third-order valence-corrected chi connectivity index (χ3v) is 7.57. The highest BCUT2D eigenvalue weighted by molar-refractivity contribution is 7.93. The van der Waals surface area contributed by atoms with Crippen molar-refractivity contribution in [2.45, 2.75) is 23.1 Å². The predicted molar refractivity (Wildman–Crippen MR) is 92.1 cm³/mol. The van der Waals surface area contributed by atoms with Crippen LogP contribution >= 0.6 is 0 Å². The van der Waals surface area contributed by atoms with Crippen LogP contribution in [0.25, 0.3) is 0 Å². The van der Waals surface area contributed by atoms with Crippen molar-refractivity contribution >= 4 is 25.7 Å². The molecule has 6 nitrogen and oxygen atoms in total. The van der Waals surface area contributed by atoms with E-state index in [0.717, 1.165) is 6.07 Å². The lowest BCUT2D eigenvalue weighted by Gasteiger charge is -2.21. The molecule has 1 aliphatic heterocycles. The van der Waals surface area contributed by atoms with Crippen LogP contribution in [0.1, 0.15) is 11.1 Å². The number of sulfonamides is 2. The van der Waals surface area contributed by atoms with Crippen LogP contribution in [0, 0.1) is 12.7 Å². The van der Waals surface area contributed by atoms with Crippen LogP contribution in [0.2, 0.25) is 0 Å². The molecule has 0 aliphatic carbocycles. The Balaban J connectivity index is 2.06.